The number of benzene rings is 1. The molecule has 0 aliphatic carbocycles. The Morgan fingerprint density at radius 3 is 2.61 bits per heavy atom. The molecule has 0 aliphatic rings. The Morgan fingerprint density at radius 2 is 2.11 bits per heavy atom. The molecule has 1 aromatic rings. The zero-order chi connectivity index (χ0) is 13.5. The third-order valence-corrected chi connectivity index (χ3v) is 3.16. The predicted molar refractivity (Wildman–Crippen MR) is 73.3 cm³/mol. The Labute approximate surface area is 110 Å². The molecular formula is C15H22N2O. The van der Waals surface area contributed by atoms with Crippen molar-refractivity contribution in [3.8, 4) is 6.07 Å². The van der Waals surface area contributed by atoms with Gasteiger partial charge in [-0.2, -0.15) is 5.26 Å². The van der Waals surface area contributed by atoms with Gasteiger partial charge in [-0.05, 0) is 44.0 Å². The summed E-state index contributed by atoms with van der Waals surface area (Å²) < 4.78 is 5.14. The molecule has 0 aliphatic heterocycles. The van der Waals surface area contributed by atoms with E-state index in [0.717, 1.165) is 25.3 Å². The summed E-state index contributed by atoms with van der Waals surface area (Å²) in [5, 5.41) is 8.86. The summed E-state index contributed by atoms with van der Waals surface area (Å²) >= 11 is 0. The molecule has 0 bridgehead atoms. The van der Waals surface area contributed by atoms with E-state index in [4.69, 9.17) is 10.00 Å². The number of nitrogens with zero attached hydrogens (tertiary/aromatic N) is 2. The molecule has 1 rings (SSSR count). The van der Waals surface area contributed by atoms with Crippen LogP contribution in [0, 0.1) is 18.3 Å². The maximum Gasteiger partial charge on any atom is 0.0991 e. The molecule has 0 heterocycles. The molecule has 18 heavy (non-hydrogen) atoms. The van der Waals surface area contributed by atoms with E-state index in [1.165, 1.54) is 11.1 Å². The van der Waals surface area contributed by atoms with Crippen molar-refractivity contribution in [2.24, 2.45) is 0 Å². The summed E-state index contributed by atoms with van der Waals surface area (Å²) in [4.78, 5) is 2.37. The van der Waals surface area contributed by atoms with Gasteiger partial charge in [-0.15, -0.1) is 0 Å². The van der Waals surface area contributed by atoms with E-state index in [1.807, 2.05) is 12.1 Å². The third-order valence-electron chi connectivity index (χ3n) is 3.16. The SMILES string of the molecule is COCCN(Cc1ccc(C#N)cc1C)C(C)C. The van der Waals surface area contributed by atoms with Crippen molar-refractivity contribution in [3.05, 3.63) is 34.9 Å². The van der Waals surface area contributed by atoms with Crippen molar-refractivity contribution >= 4 is 0 Å². The smallest absolute Gasteiger partial charge is 0.0991 e. The number of hydrogen-bond donors (Lipinski definition) is 0. The van der Waals surface area contributed by atoms with Crippen LogP contribution >= 0.6 is 0 Å². The zero-order valence-electron chi connectivity index (χ0n) is 11.7. The van der Waals surface area contributed by atoms with Gasteiger partial charge < -0.3 is 4.74 Å². The van der Waals surface area contributed by atoms with E-state index < -0.39 is 0 Å². The molecule has 0 aromatic heterocycles. The molecule has 0 fully saturated rings. The Hall–Kier alpha value is -1.37. The van der Waals surface area contributed by atoms with E-state index >= 15 is 0 Å². The summed E-state index contributed by atoms with van der Waals surface area (Å²) in [7, 11) is 1.73. The zero-order valence-corrected chi connectivity index (χ0v) is 11.7. The fourth-order valence-electron chi connectivity index (χ4n) is 1.89. The van der Waals surface area contributed by atoms with Crippen LogP contribution in [0.4, 0.5) is 0 Å². The van der Waals surface area contributed by atoms with Crippen LogP contribution in [0.2, 0.25) is 0 Å². The maximum absolute atomic E-state index is 8.86. The minimum absolute atomic E-state index is 0.482. The number of hydrogen-bond acceptors (Lipinski definition) is 3. The molecule has 3 heteroatoms. The Kier molecular flexibility index (Phi) is 5.84. The first kappa shape index (κ1) is 14.7. The number of ether oxygens (including phenoxy) is 1. The number of nitriles is 1. The molecule has 0 saturated carbocycles. The minimum atomic E-state index is 0.482. The van der Waals surface area contributed by atoms with Crippen molar-refractivity contribution in [1.29, 1.82) is 5.26 Å². The van der Waals surface area contributed by atoms with Crippen LogP contribution in [0.3, 0.4) is 0 Å². The molecule has 3 nitrogen and oxygen atoms in total. The first-order valence-electron chi connectivity index (χ1n) is 6.31. The molecule has 0 saturated heterocycles. The molecule has 0 amide bonds. The molecule has 98 valence electrons. The highest BCUT2D eigenvalue weighted by Gasteiger charge is 2.11. The average molecular weight is 246 g/mol. The van der Waals surface area contributed by atoms with E-state index in [1.54, 1.807) is 7.11 Å². The van der Waals surface area contributed by atoms with Crippen LogP contribution in [-0.2, 0) is 11.3 Å². The van der Waals surface area contributed by atoms with Crippen LogP contribution < -0.4 is 0 Å². The molecule has 0 unspecified atom stereocenters. The van der Waals surface area contributed by atoms with Crippen molar-refractivity contribution in [2.75, 3.05) is 20.3 Å². The van der Waals surface area contributed by atoms with Gasteiger partial charge in [0.2, 0.25) is 0 Å². The van der Waals surface area contributed by atoms with Gasteiger partial charge in [-0.25, -0.2) is 0 Å². The maximum atomic E-state index is 8.86. The fraction of sp³-hybridized carbons (Fsp3) is 0.533. The largest absolute Gasteiger partial charge is 0.383 e. The first-order valence-corrected chi connectivity index (χ1v) is 6.31. The topological polar surface area (TPSA) is 36.3 Å². The quantitative estimate of drug-likeness (QED) is 0.774. The first-order chi connectivity index (χ1) is 8.58. The van der Waals surface area contributed by atoms with Gasteiger partial charge in [0.05, 0.1) is 18.2 Å². The Morgan fingerprint density at radius 1 is 1.39 bits per heavy atom. The fourth-order valence-corrected chi connectivity index (χ4v) is 1.89. The molecule has 0 radical (unpaired) electrons. The minimum Gasteiger partial charge on any atom is -0.383 e. The van der Waals surface area contributed by atoms with E-state index in [0.29, 0.717) is 6.04 Å². The van der Waals surface area contributed by atoms with Crippen molar-refractivity contribution in [2.45, 2.75) is 33.4 Å². The lowest BCUT2D eigenvalue weighted by molar-refractivity contribution is 0.125. The number of methoxy groups -OCH3 is 1. The normalized spacial score (nSPS) is 10.9. The lowest BCUT2D eigenvalue weighted by atomic mass is 10.0. The van der Waals surface area contributed by atoms with Gasteiger partial charge in [-0.3, -0.25) is 4.90 Å². The van der Waals surface area contributed by atoms with Gasteiger partial charge >= 0.3 is 0 Å². The van der Waals surface area contributed by atoms with Crippen LogP contribution in [0.1, 0.15) is 30.5 Å². The van der Waals surface area contributed by atoms with Crippen LogP contribution in [-0.4, -0.2) is 31.2 Å². The van der Waals surface area contributed by atoms with Crippen LogP contribution in [0.15, 0.2) is 18.2 Å². The van der Waals surface area contributed by atoms with Crippen molar-refractivity contribution in [1.82, 2.24) is 4.90 Å². The summed E-state index contributed by atoms with van der Waals surface area (Å²) in [5.74, 6) is 0. The van der Waals surface area contributed by atoms with Crippen LogP contribution in [0.5, 0.6) is 0 Å². The van der Waals surface area contributed by atoms with Gasteiger partial charge in [0.15, 0.2) is 0 Å². The summed E-state index contributed by atoms with van der Waals surface area (Å²) in [6.07, 6.45) is 0. The summed E-state index contributed by atoms with van der Waals surface area (Å²) in [6.45, 7) is 9.01. The van der Waals surface area contributed by atoms with Gasteiger partial charge in [-0.1, -0.05) is 6.07 Å². The second-order valence-corrected chi connectivity index (χ2v) is 4.81. The second kappa shape index (κ2) is 7.15. The second-order valence-electron chi connectivity index (χ2n) is 4.81. The molecule has 1 aromatic carbocycles. The van der Waals surface area contributed by atoms with E-state index in [2.05, 4.69) is 37.8 Å². The summed E-state index contributed by atoms with van der Waals surface area (Å²) in [6, 6.07) is 8.54. The van der Waals surface area contributed by atoms with Gasteiger partial charge in [0, 0.05) is 26.2 Å². The molecular weight excluding hydrogens is 224 g/mol. The Bertz CT molecular complexity index is 421. The lowest BCUT2D eigenvalue weighted by Crippen LogP contribution is -2.33. The molecule has 0 spiro atoms. The predicted octanol–water partition coefficient (Wildman–Crippen LogP) is 2.72. The average Bonchev–Trinajstić information content (AvgIpc) is 2.35. The highest BCUT2D eigenvalue weighted by molar-refractivity contribution is 5.37. The van der Waals surface area contributed by atoms with Gasteiger partial charge in [0.25, 0.3) is 0 Å². The summed E-state index contributed by atoms with van der Waals surface area (Å²) in [5.41, 5.74) is 3.18. The van der Waals surface area contributed by atoms with Crippen LogP contribution in [0.25, 0.3) is 0 Å². The third kappa shape index (κ3) is 4.14. The monoisotopic (exact) mass is 246 g/mol. The van der Waals surface area contributed by atoms with Crippen molar-refractivity contribution < 1.29 is 4.74 Å². The standard InChI is InChI=1S/C15H22N2O/c1-12(2)17(7-8-18-4)11-15-6-5-14(10-16)9-13(15)3/h5-6,9,12H,7-8,11H2,1-4H3. The molecule has 0 atom stereocenters. The van der Waals surface area contributed by atoms with Gasteiger partial charge in [0.1, 0.15) is 0 Å². The highest BCUT2D eigenvalue weighted by Crippen LogP contribution is 2.14. The highest BCUT2D eigenvalue weighted by atomic mass is 16.5. The van der Waals surface area contributed by atoms with E-state index in [9.17, 15) is 0 Å². The number of rotatable bonds is 6. The van der Waals surface area contributed by atoms with E-state index in [-0.39, 0.29) is 0 Å². The Balaban J connectivity index is 2.78. The lowest BCUT2D eigenvalue weighted by Gasteiger charge is -2.26. The molecule has 0 N–H and O–H groups in total. The van der Waals surface area contributed by atoms with Crippen molar-refractivity contribution in [3.63, 3.8) is 0 Å². The number of aryl methyl sites for hydroxylation is 1.